The second kappa shape index (κ2) is 6.54. The van der Waals surface area contributed by atoms with Gasteiger partial charge in [0.05, 0.1) is 11.2 Å². The van der Waals surface area contributed by atoms with Crippen molar-refractivity contribution in [3.8, 4) is 0 Å². The summed E-state index contributed by atoms with van der Waals surface area (Å²) in [5, 5.41) is 4.71. The Labute approximate surface area is 126 Å². The Morgan fingerprint density at radius 3 is 2.81 bits per heavy atom. The fraction of sp³-hybridized carbons (Fsp3) is 0.500. The van der Waals surface area contributed by atoms with Crippen molar-refractivity contribution in [1.82, 2.24) is 10.3 Å². The van der Waals surface area contributed by atoms with Crippen LogP contribution in [0.5, 0.6) is 0 Å². The van der Waals surface area contributed by atoms with Crippen LogP contribution >= 0.6 is 0 Å². The number of nitrogens with one attached hydrogen (secondary N) is 1. The van der Waals surface area contributed by atoms with Crippen molar-refractivity contribution >= 4 is 10.9 Å². The number of hydrogen-bond acceptors (Lipinski definition) is 3. The third kappa shape index (κ3) is 3.25. The highest BCUT2D eigenvalue weighted by atomic mass is 16.5. The Balaban J connectivity index is 1.85. The lowest BCUT2D eigenvalue weighted by atomic mass is 9.90. The summed E-state index contributed by atoms with van der Waals surface area (Å²) in [6.45, 7) is 3.99. The number of rotatable bonds is 4. The highest BCUT2D eigenvalue weighted by Crippen LogP contribution is 2.28. The first kappa shape index (κ1) is 14.5. The molecule has 0 spiro atoms. The monoisotopic (exact) mass is 284 g/mol. The molecule has 21 heavy (non-hydrogen) atoms. The summed E-state index contributed by atoms with van der Waals surface area (Å²) in [5.41, 5.74) is 3.57. The molecule has 1 atom stereocenters. The number of pyridine rings is 1. The third-order valence-corrected chi connectivity index (χ3v) is 4.56. The molecule has 0 saturated carbocycles. The van der Waals surface area contributed by atoms with Gasteiger partial charge in [-0.1, -0.05) is 18.2 Å². The standard InChI is InChI=1S/C18H24N2O/c1-13-11-18(20-16-6-4-3-5-15(13)16)17(19-2)12-14-7-9-21-10-8-14/h3-6,11,14,17,19H,7-10,12H2,1-2H3. The van der Waals surface area contributed by atoms with Gasteiger partial charge in [0.2, 0.25) is 0 Å². The van der Waals surface area contributed by atoms with Gasteiger partial charge in [0.25, 0.3) is 0 Å². The van der Waals surface area contributed by atoms with Gasteiger partial charge in [-0.2, -0.15) is 0 Å². The molecular formula is C18H24N2O. The first-order valence-electron chi connectivity index (χ1n) is 7.89. The van der Waals surface area contributed by atoms with E-state index in [4.69, 9.17) is 9.72 Å². The zero-order valence-electron chi connectivity index (χ0n) is 12.9. The Morgan fingerprint density at radius 1 is 1.29 bits per heavy atom. The van der Waals surface area contributed by atoms with Gasteiger partial charge in [0.1, 0.15) is 0 Å². The molecule has 0 amide bonds. The van der Waals surface area contributed by atoms with Crippen LogP contribution in [0.2, 0.25) is 0 Å². The Bertz CT molecular complexity index is 605. The van der Waals surface area contributed by atoms with Crippen LogP contribution < -0.4 is 5.32 Å². The minimum absolute atomic E-state index is 0.330. The van der Waals surface area contributed by atoms with Crippen LogP contribution in [-0.4, -0.2) is 25.2 Å². The first-order chi connectivity index (χ1) is 10.3. The van der Waals surface area contributed by atoms with Gasteiger partial charge in [-0.3, -0.25) is 4.98 Å². The van der Waals surface area contributed by atoms with Crippen LogP contribution in [0, 0.1) is 12.8 Å². The summed E-state index contributed by atoms with van der Waals surface area (Å²) in [5.74, 6) is 0.741. The molecular weight excluding hydrogens is 260 g/mol. The molecule has 3 rings (SSSR count). The van der Waals surface area contributed by atoms with Crippen molar-refractivity contribution in [3.05, 3.63) is 41.6 Å². The SMILES string of the molecule is CNC(CC1CCOCC1)c1cc(C)c2ccccc2n1. The molecule has 1 aromatic carbocycles. The molecule has 1 aromatic heterocycles. The lowest BCUT2D eigenvalue weighted by Crippen LogP contribution is -2.24. The molecule has 0 radical (unpaired) electrons. The van der Waals surface area contributed by atoms with Crippen LogP contribution in [0.4, 0.5) is 0 Å². The van der Waals surface area contributed by atoms with Crippen molar-refractivity contribution in [2.75, 3.05) is 20.3 Å². The predicted molar refractivity (Wildman–Crippen MR) is 86.4 cm³/mol. The van der Waals surface area contributed by atoms with Gasteiger partial charge in [-0.05, 0) is 56.8 Å². The van der Waals surface area contributed by atoms with Crippen LogP contribution in [0.3, 0.4) is 0 Å². The minimum atomic E-state index is 0.330. The second-order valence-electron chi connectivity index (χ2n) is 6.01. The highest BCUT2D eigenvalue weighted by Gasteiger charge is 2.21. The molecule has 0 bridgehead atoms. The summed E-state index contributed by atoms with van der Waals surface area (Å²) in [6.07, 6.45) is 3.49. The van der Waals surface area contributed by atoms with Crippen molar-refractivity contribution < 1.29 is 4.74 Å². The number of benzene rings is 1. The molecule has 1 saturated heterocycles. The summed E-state index contributed by atoms with van der Waals surface area (Å²) >= 11 is 0. The average Bonchev–Trinajstić information content (AvgIpc) is 2.53. The zero-order valence-corrected chi connectivity index (χ0v) is 12.9. The van der Waals surface area contributed by atoms with Crippen molar-refractivity contribution in [2.45, 2.75) is 32.2 Å². The van der Waals surface area contributed by atoms with Crippen molar-refractivity contribution in [3.63, 3.8) is 0 Å². The molecule has 3 heteroatoms. The van der Waals surface area contributed by atoms with Crippen molar-refractivity contribution in [2.24, 2.45) is 5.92 Å². The maximum Gasteiger partial charge on any atom is 0.0708 e. The number of para-hydroxylation sites is 1. The average molecular weight is 284 g/mol. The number of hydrogen-bond donors (Lipinski definition) is 1. The first-order valence-corrected chi connectivity index (χ1v) is 7.89. The van der Waals surface area contributed by atoms with Gasteiger partial charge in [0.15, 0.2) is 0 Å². The Morgan fingerprint density at radius 2 is 2.05 bits per heavy atom. The van der Waals surface area contributed by atoms with Gasteiger partial charge >= 0.3 is 0 Å². The van der Waals surface area contributed by atoms with E-state index in [0.29, 0.717) is 6.04 Å². The Kier molecular flexibility index (Phi) is 4.51. The van der Waals surface area contributed by atoms with E-state index in [-0.39, 0.29) is 0 Å². The van der Waals surface area contributed by atoms with Gasteiger partial charge < -0.3 is 10.1 Å². The number of fused-ring (bicyclic) bond motifs is 1. The fourth-order valence-electron chi connectivity index (χ4n) is 3.26. The molecule has 112 valence electrons. The van der Waals surface area contributed by atoms with E-state index in [1.54, 1.807) is 0 Å². The molecule has 1 N–H and O–H groups in total. The second-order valence-corrected chi connectivity index (χ2v) is 6.01. The lowest BCUT2D eigenvalue weighted by Gasteiger charge is -2.26. The van der Waals surface area contributed by atoms with E-state index >= 15 is 0 Å². The number of nitrogens with zero attached hydrogens (tertiary/aromatic N) is 1. The van der Waals surface area contributed by atoms with Gasteiger partial charge in [0, 0.05) is 24.6 Å². The Hall–Kier alpha value is -1.45. The van der Waals surface area contributed by atoms with Crippen molar-refractivity contribution in [1.29, 1.82) is 0 Å². The maximum atomic E-state index is 5.46. The van der Waals surface area contributed by atoms with E-state index in [1.165, 1.54) is 29.5 Å². The fourth-order valence-corrected chi connectivity index (χ4v) is 3.26. The van der Waals surface area contributed by atoms with E-state index in [1.807, 2.05) is 7.05 Å². The third-order valence-electron chi connectivity index (χ3n) is 4.56. The van der Waals surface area contributed by atoms with E-state index in [9.17, 15) is 0 Å². The van der Waals surface area contributed by atoms with Crippen LogP contribution in [0.15, 0.2) is 30.3 Å². The topological polar surface area (TPSA) is 34.1 Å². The van der Waals surface area contributed by atoms with Crippen LogP contribution in [-0.2, 0) is 4.74 Å². The molecule has 2 heterocycles. The molecule has 1 fully saturated rings. The van der Waals surface area contributed by atoms with E-state index < -0.39 is 0 Å². The smallest absolute Gasteiger partial charge is 0.0708 e. The molecule has 0 aliphatic carbocycles. The van der Waals surface area contributed by atoms with Gasteiger partial charge in [-0.25, -0.2) is 0 Å². The highest BCUT2D eigenvalue weighted by molar-refractivity contribution is 5.82. The van der Waals surface area contributed by atoms with Crippen LogP contribution in [0.1, 0.15) is 36.6 Å². The summed E-state index contributed by atoms with van der Waals surface area (Å²) in [4.78, 5) is 4.88. The quantitative estimate of drug-likeness (QED) is 0.931. The summed E-state index contributed by atoms with van der Waals surface area (Å²) in [6, 6.07) is 11.0. The van der Waals surface area contributed by atoms with E-state index in [2.05, 4.69) is 42.6 Å². The molecule has 1 aliphatic heterocycles. The van der Waals surface area contributed by atoms with Gasteiger partial charge in [-0.15, -0.1) is 0 Å². The maximum absolute atomic E-state index is 5.46. The lowest BCUT2D eigenvalue weighted by molar-refractivity contribution is 0.0606. The molecule has 2 aromatic rings. The predicted octanol–water partition coefficient (Wildman–Crippen LogP) is 3.62. The zero-order chi connectivity index (χ0) is 14.7. The normalized spacial score (nSPS) is 18.0. The largest absolute Gasteiger partial charge is 0.381 e. The molecule has 1 aliphatic rings. The molecule has 1 unspecified atom stereocenters. The minimum Gasteiger partial charge on any atom is -0.381 e. The number of aromatic nitrogens is 1. The number of aryl methyl sites for hydroxylation is 1. The summed E-state index contributed by atoms with van der Waals surface area (Å²) in [7, 11) is 2.04. The van der Waals surface area contributed by atoms with E-state index in [0.717, 1.165) is 31.1 Å². The molecule has 3 nitrogen and oxygen atoms in total. The number of ether oxygens (including phenoxy) is 1. The van der Waals surface area contributed by atoms with Crippen LogP contribution in [0.25, 0.3) is 10.9 Å². The summed E-state index contributed by atoms with van der Waals surface area (Å²) < 4.78 is 5.46.